The number of carboxylic acids is 1. The van der Waals surface area contributed by atoms with Crippen LogP contribution in [0, 0.1) is 6.92 Å². The molecule has 0 aliphatic rings. The maximum absolute atomic E-state index is 10.7. The van der Waals surface area contributed by atoms with Gasteiger partial charge in [0, 0.05) is 17.6 Å². The second-order valence-corrected chi connectivity index (χ2v) is 4.76. The molecule has 2 N–H and O–H groups in total. The van der Waals surface area contributed by atoms with E-state index in [1.165, 1.54) is 22.5 Å². The first-order valence-electron chi connectivity index (χ1n) is 5.26. The molecule has 0 unspecified atom stereocenters. The van der Waals surface area contributed by atoms with E-state index in [1.54, 1.807) is 6.07 Å². The van der Waals surface area contributed by atoms with Crippen LogP contribution in [0.1, 0.15) is 20.8 Å². The van der Waals surface area contributed by atoms with E-state index in [-0.39, 0.29) is 0 Å². The van der Waals surface area contributed by atoms with Gasteiger partial charge in [0.25, 0.3) is 0 Å². The Morgan fingerprint density at radius 2 is 2.06 bits per heavy atom. The van der Waals surface area contributed by atoms with Crippen LogP contribution in [0.25, 0.3) is 0 Å². The summed E-state index contributed by atoms with van der Waals surface area (Å²) in [7, 11) is 0. The maximum atomic E-state index is 10.7. The molecule has 17 heavy (non-hydrogen) atoms. The number of hydrogen-bond donors (Lipinski definition) is 2. The molecule has 0 radical (unpaired) electrons. The lowest BCUT2D eigenvalue weighted by molar-refractivity contribution is 0.0702. The summed E-state index contributed by atoms with van der Waals surface area (Å²) in [5.74, 6) is -0.876. The molecule has 1 aromatic heterocycles. The Kier molecular flexibility index (Phi) is 3.44. The quantitative estimate of drug-likeness (QED) is 0.871. The lowest BCUT2D eigenvalue weighted by atomic mass is 10.1. The molecular formula is C13H13NO2S. The zero-order valence-corrected chi connectivity index (χ0v) is 10.3. The number of aryl methyl sites for hydroxylation is 1. The molecule has 3 nitrogen and oxygen atoms in total. The predicted octanol–water partition coefficient (Wildman–Crippen LogP) is 3.37. The molecule has 88 valence electrons. The van der Waals surface area contributed by atoms with Gasteiger partial charge < -0.3 is 10.4 Å². The van der Waals surface area contributed by atoms with Crippen LogP contribution in [0.5, 0.6) is 0 Å². The Balaban J connectivity index is 1.97. The summed E-state index contributed by atoms with van der Waals surface area (Å²) in [6, 6.07) is 9.90. The second kappa shape index (κ2) is 5.01. The monoisotopic (exact) mass is 247 g/mol. The number of hydrogen-bond acceptors (Lipinski definition) is 3. The van der Waals surface area contributed by atoms with Gasteiger partial charge in [-0.1, -0.05) is 29.8 Å². The molecule has 4 heteroatoms. The van der Waals surface area contributed by atoms with Crippen molar-refractivity contribution in [1.82, 2.24) is 0 Å². The van der Waals surface area contributed by atoms with Gasteiger partial charge in [-0.2, -0.15) is 0 Å². The Labute approximate surface area is 104 Å². The average Bonchev–Trinajstić information content (AvgIpc) is 2.77. The fraction of sp³-hybridized carbons (Fsp3) is 0.154. The van der Waals surface area contributed by atoms with E-state index in [0.717, 1.165) is 5.69 Å². The number of benzene rings is 1. The summed E-state index contributed by atoms with van der Waals surface area (Å²) in [6.07, 6.45) is 0. The summed E-state index contributed by atoms with van der Waals surface area (Å²) < 4.78 is 0. The summed E-state index contributed by atoms with van der Waals surface area (Å²) in [5, 5.41) is 13.8. The van der Waals surface area contributed by atoms with Crippen LogP contribution in [-0.2, 0) is 6.54 Å². The van der Waals surface area contributed by atoms with Gasteiger partial charge in [0.1, 0.15) is 4.88 Å². The molecular weight excluding hydrogens is 234 g/mol. The number of rotatable bonds is 4. The Bertz CT molecular complexity index is 516. The molecule has 2 rings (SSSR count). The third-order valence-electron chi connectivity index (χ3n) is 2.43. The Morgan fingerprint density at radius 1 is 1.35 bits per heavy atom. The van der Waals surface area contributed by atoms with E-state index in [4.69, 9.17) is 5.11 Å². The number of nitrogens with one attached hydrogen (secondary N) is 1. The van der Waals surface area contributed by atoms with Crippen molar-refractivity contribution in [3.63, 3.8) is 0 Å². The number of thiophene rings is 1. The first kappa shape index (κ1) is 11.7. The van der Waals surface area contributed by atoms with E-state index in [0.29, 0.717) is 11.4 Å². The summed E-state index contributed by atoms with van der Waals surface area (Å²) in [4.78, 5) is 11.1. The number of carboxylic acid groups (broad SMARTS) is 1. The van der Waals surface area contributed by atoms with Crippen molar-refractivity contribution in [1.29, 1.82) is 0 Å². The van der Waals surface area contributed by atoms with Gasteiger partial charge in [-0.15, -0.1) is 11.3 Å². The summed E-state index contributed by atoms with van der Waals surface area (Å²) in [5.41, 5.74) is 3.27. The lowest BCUT2D eigenvalue weighted by Crippen LogP contribution is -1.98. The standard InChI is InChI=1S/C13H13NO2S/c1-9-2-4-10(5-3-9)7-14-11-6-12(13(15)16)17-8-11/h2-6,8,14H,7H2,1H3,(H,15,16). The highest BCUT2D eigenvalue weighted by Gasteiger charge is 2.06. The highest BCUT2D eigenvalue weighted by molar-refractivity contribution is 7.12. The van der Waals surface area contributed by atoms with E-state index in [9.17, 15) is 4.79 Å². The van der Waals surface area contributed by atoms with E-state index < -0.39 is 5.97 Å². The smallest absolute Gasteiger partial charge is 0.345 e. The highest BCUT2D eigenvalue weighted by Crippen LogP contribution is 2.19. The average molecular weight is 247 g/mol. The molecule has 0 saturated carbocycles. The molecule has 0 aliphatic carbocycles. The molecule has 0 aliphatic heterocycles. The van der Waals surface area contributed by atoms with Crippen LogP contribution in [-0.4, -0.2) is 11.1 Å². The molecule has 0 amide bonds. The van der Waals surface area contributed by atoms with Gasteiger partial charge in [-0.3, -0.25) is 0 Å². The van der Waals surface area contributed by atoms with Gasteiger partial charge in [-0.25, -0.2) is 4.79 Å². The SMILES string of the molecule is Cc1ccc(CNc2csc(C(=O)O)c2)cc1. The number of aromatic carboxylic acids is 1. The normalized spacial score (nSPS) is 10.2. The first-order chi connectivity index (χ1) is 8.15. The number of carbonyl (C=O) groups is 1. The van der Waals surface area contributed by atoms with E-state index in [2.05, 4.69) is 36.5 Å². The molecule has 0 atom stereocenters. The molecule has 2 aromatic rings. The van der Waals surface area contributed by atoms with Crippen molar-refractivity contribution in [2.24, 2.45) is 0 Å². The third-order valence-corrected chi connectivity index (χ3v) is 3.35. The third kappa shape index (κ3) is 3.07. The number of anilines is 1. The van der Waals surface area contributed by atoms with Crippen molar-refractivity contribution >= 4 is 23.0 Å². The van der Waals surface area contributed by atoms with Crippen LogP contribution in [0.3, 0.4) is 0 Å². The summed E-state index contributed by atoms with van der Waals surface area (Å²) in [6.45, 7) is 2.76. The molecule has 0 saturated heterocycles. The van der Waals surface area contributed by atoms with Crippen LogP contribution in [0.2, 0.25) is 0 Å². The fourth-order valence-electron chi connectivity index (χ4n) is 1.45. The lowest BCUT2D eigenvalue weighted by Gasteiger charge is -2.04. The van der Waals surface area contributed by atoms with E-state index in [1.807, 2.05) is 5.38 Å². The maximum Gasteiger partial charge on any atom is 0.345 e. The van der Waals surface area contributed by atoms with Crippen LogP contribution >= 0.6 is 11.3 Å². The van der Waals surface area contributed by atoms with Gasteiger partial charge >= 0.3 is 5.97 Å². The molecule has 1 heterocycles. The van der Waals surface area contributed by atoms with Crippen LogP contribution in [0.15, 0.2) is 35.7 Å². The van der Waals surface area contributed by atoms with Crippen molar-refractivity contribution in [2.75, 3.05) is 5.32 Å². The Morgan fingerprint density at radius 3 is 2.65 bits per heavy atom. The topological polar surface area (TPSA) is 49.3 Å². The van der Waals surface area contributed by atoms with Crippen LogP contribution < -0.4 is 5.32 Å². The zero-order chi connectivity index (χ0) is 12.3. The van der Waals surface area contributed by atoms with Crippen molar-refractivity contribution in [3.8, 4) is 0 Å². The zero-order valence-electron chi connectivity index (χ0n) is 9.43. The minimum atomic E-state index is -0.876. The minimum Gasteiger partial charge on any atom is -0.477 e. The van der Waals surface area contributed by atoms with Gasteiger partial charge in [-0.05, 0) is 18.6 Å². The first-order valence-corrected chi connectivity index (χ1v) is 6.14. The van der Waals surface area contributed by atoms with E-state index >= 15 is 0 Å². The second-order valence-electron chi connectivity index (χ2n) is 3.84. The fourth-order valence-corrected chi connectivity index (χ4v) is 2.15. The minimum absolute atomic E-state index is 0.358. The predicted molar refractivity (Wildman–Crippen MR) is 69.8 cm³/mol. The highest BCUT2D eigenvalue weighted by atomic mass is 32.1. The van der Waals surface area contributed by atoms with Gasteiger partial charge in [0.15, 0.2) is 0 Å². The Hall–Kier alpha value is -1.81. The van der Waals surface area contributed by atoms with Gasteiger partial charge in [0.2, 0.25) is 0 Å². The largest absolute Gasteiger partial charge is 0.477 e. The van der Waals surface area contributed by atoms with Crippen molar-refractivity contribution in [2.45, 2.75) is 13.5 Å². The van der Waals surface area contributed by atoms with Crippen molar-refractivity contribution < 1.29 is 9.90 Å². The molecule has 0 spiro atoms. The molecule has 0 fully saturated rings. The van der Waals surface area contributed by atoms with Gasteiger partial charge in [0.05, 0.1) is 0 Å². The summed E-state index contributed by atoms with van der Waals surface area (Å²) >= 11 is 1.23. The molecule has 1 aromatic carbocycles. The van der Waals surface area contributed by atoms with Crippen LogP contribution in [0.4, 0.5) is 5.69 Å². The van der Waals surface area contributed by atoms with Crippen molar-refractivity contribution in [3.05, 3.63) is 51.7 Å². The molecule has 0 bridgehead atoms.